The zero-order valence-corrected chi connectivity index (χ0v) is 8.89. The zero-order chi connectivity index (χ0) is 11.8. The summed E-state index contributed by atoms with van der Waals surface area (Å²) in [6.07, 6.45) is 2.02. The first-order valence-electron chi connectivity index (χ1n) is 5.08. The van der Waals surface area contributed by atoms with E-state index in [0.717, 1.165) is 12.5 Å². The molecule has 1 aliphatic carbocycles. The van der Waals surface area contributed by atoms with E-state index in [2.05, 4.69) is 6.07 Å². The van der Waals surface area contributed by atoms with E-state index in [1.807, 2.05) is 0 Å². The maximum atomic E-state index is 13.6. The van der Waals surface area contributed by atoms with Gasteiger partial charge in [-0.3, -0.25) is 0 Å². The molecule has 1 saturated carbocycles. The van der Waals surface area contributed by atoms with Crippen molar-refractivity contribution in [3.8, 4) is 11.8 Å². The predicted molar refractivity (Wildman–Crippen MR) is 54.1 cm³/mol. The Kier molecular flexibility index (Phi) is 2.55. The van der Waals surface area contributed by atoms with Crippen molar-refractivity contribution >= 4 is 0 Å². The van der Waals surface area contributed by atoms with E-state index in [9.17, 15) is 8.78 Å². The van der Waals surface area contributed by atoms with Gasteiger partial charge in [0.2, 0.25) is 0 Å². The summed E-state index contributed by atoms with van der Waals surface area (Å²) < 4.78 is 31.8. The summed E-state index contributed by atoms with van der Waals surface area (Å²) in [5, 5.41) is 9.09. The lowest BCUT2D eigenvalue weighted by molar-refractivity contribution is 0.305. The minimum Gasteiger partial charge on any atom is -0.497 e. The highest BCUT2D eigenvalue weighted by atomic mass is 19.2. The predicted octanol–water partition coefficient (Wildman–Crippen LogP) is 2.92. The molecule has 1 aliphatic rings. The number of benzene rings is 1. The van der Waals surface area contributed by atoms with Crippen molar-refractivity contribution in [2.24, 2.45) is 0 Å². The number of ether oxygens (including phenoxy) is 1. The third-order valence-electron chi connectivity index (χ3n) is 3.17. The van der Waals surface area contributed by atoms with Crippen LogP contribution in [-0.2, 0) is 5.41 Å². The number of rotatable bonds is 2. The van der Waals surface area contributed by atoms with Crippen LogP contribution in [0.2, 0.25) is 0 Å². The van der Waals surface area contributed by atoms with Gasteiger partial charge in [0.1, 0.15) is 5.75 Å². The number of halogens is 2. The topological polar surface area (TPSA) is 33.0 Å². The van der Waals surface area contributed by atoms with Crippen molar-refractivity contribution in [1.82, 2.24) is 0 Å². The lowest BCUT2D eigenvalue weighted by atomic mass is 9.65. The summed E-state index contributed by atoms with van der Waals surface area (Å²) in [4.78, 5) is 0. The molecule has 0 unspecified atom stereocenters. The molecule has 1 aromatic rings. The first kappa shape index (κ1) is 10.9. The van der Waals surface area contributed by atoms with Gasteiger partial charge >= 0.3 is 0 Å². The Hall–Kier alpha value is -1.63. The van der Waals surface area contributed by atoms with E-state index in [-0.39, 0.29) is 11.3 Å². The maximum Gasteiger partial charge on any atom is 0.163 e. The molecule has 1 aromatic carbocycles. The Bertz CT molecular complexity index is 461. The second kappa shape index (κ2) is 3.75. The van der Waals surface area contributed by atoms with E-state index < -0.39 is 17.0 Å². The third-order valence-corrected chi connectivity index (χ3v) is 3.17. The Balaban J connectivity index is 2.55. The zero-order valence-electron chi connectivity index (χ0n) is 8.89. The molecule has 2 rings (SSSR count). The normalized spacial score (nSPS) is 17.4. The molecule has 0 atom stereocenters. The Labute approximate surface area is 92.5 Å². The van der Waals surface area contributed by atoms with Crippen LogP contribution in [0.4, 0.5) is 8.78 Å². The summed E-state index contributed by atoms with van der Waals surface area (Å²) in [6, 6.07) is 4.49. The van der Waals surface area contributed by atoms with Crippen LogP contribution < -0.4 is 4.74 Å². The highest BCUT2D eigenvalue weighted by molar-refractivity contribution is 5.41. The van der Waals surface area contributed by atoms with Gasteiger partial charge in [-0.05, 0) is 25.3 Å². The van der Waals surface area contributed by atoms with Crippen LogP contribution >= 0.6 is 0 Å². The van der Waals surface area contributed by atoms with Crippen LogP contribution in [0.5, 0.6) is 5.75 Å². The lowest BCUT2D eigenvalue weighted by Gasteiger charge is -2.35. The number of nitriles is 1. The van der Waals surface area contributed by atoms with Gasteiger partial charge in [-0.25, -0.2) is 8.78 Å². The molecular weight excluding hydrogens is 212 g/mol. The first-order valence-corrected chi connectivity index (χ1v) is 5.08. The summed E-state index contributed by atoms with van der Waals surface area (Å²) in [5.41, 5.74) is -0.738. The van der Waals surface area contributed by atoms with Crippen molar-refractivity contribution in [2.45, 2.75) is 24.7 Å². The minimum absolute atomic E-state index is 0.123. The third kappa shape index (κ3) is 1.44. The van der Waals surface area contributed by atoms with Gasteiger partial charge in [-0.2, -0.15) is 5.26 Å². The van der Waals surface area contributed by atoms with Gasteiger partial charge in [0.25, 0.3) is 0 Å². The SMILES string of the molecule is COc1cc(F)c(F)c(C2(C#N)CCC2)c1. The fourth-order valence-electron chi connectivity index (χ4n) is 2.00. The molecule has 0 bridgehead atoms. The molecular formula is C12H11F2NO. The van der Waals surface area contributed by atoms with Crippen molar-refractivity contribution in [2.75, 3.05) is 7.11 Å². The van der Waals surface area contributed by atoms with Gasteiger partial charge in [0, 0.05) is 11.6 Å². The van der Waals surface area contributed by atoms with Crippen LogP contribution in [0.1, 0.15) is 24.8 Å². The lowest BCUT2D eigenvalue weighted by Crippen LogP contribution is -2.33. The van der Waals surface area contributed by atoms with Crippen molar-refractivity contribution in [1.29, 1.82) is 5.26 Å². The van der Waals surface area contributed by atoms with Crippen LogP contribution in [0.25, 0.3) is 0 Å². The second-order valence-electron chi connectivity index (χ2n) is 4.02. The van der Waals surface area contributed by atoms with Crippen molar-refractivity contribution < 1.29 is 13.5 Å². The van der Waals surface area contributed by atoms with Crippen LogP contribution in [0.15, 0.2) is 12.1 Å². The first-order chi connectivity index (χ1) is 7.63. The molecule has 0 saturated heterocycles. The highest BCUT2D eigenvalue weighted by Crippen LogP contribution is 2.45. The Morgan fingerprint density at radius 1 is 1.38 bits per heavy atom. The average molecular weight is 223 g/mol. The van der Waals surface area contributed by atoms with Crippen molar-refractivity contribution in [3.63, 3.8) is 0 Å². The number of hydrogen-bond acceptors (Lipinski definition) is 2. The molecule has 0 amide bonds. The molecule has 0 radical (unpaired) electrons. The van der Waals surface area contributed by atoms with E-state index in [4.69, 9.17) is 10.00 Å². The molecule has 0 heterocycles. The van der Waals surface area contributed by atoms with Gasteiger partial charge in [-0.1, -0.05) is 0 Å². The Morgan fingerprint density at radius 2 is 2.06 bits per heavy atom. The molecule has 0 aliphatic heterocycles. The molecule has 4 heteroatoms. The number of methoxy groups -OCH3 is 1. The van der Waals surface area contributed by atoms with Crippen LogP contribution in [0, 0.1) is 23.0 Å². The quantitative estimate of drug-likeness (QED) is 0.772. The number of nitrogens with zero attached hydrogens (tertiary/aromatic N) is 1. The molecule has 1 fully saturated rings. The Morgan fingerprint density at radius 3 is 2.50 bits per heavy atom. The van der Waals surface area contributed by atoms with Gasteiger partial charge in [0.15, 0.2) is 11.6 Å². The summed E-state index contributed by atoms with van der Waals surface area (Å²) in [5.74, 6) is -1.65. The smallest absolute Gasteiger partial charge is 0.163 e. The summed E-state index contributed by atoms with van der Waals surface area (Å²) in [6.45, 7) is 0. The largest absolute Gasteiger partial charge is 0.497 e. The van der Waals surface area contributed by atoms with Gasteiger partial charge in [-0.15, -0.1) is 0 Å². The molecule has 0 N–H and O–H groups in total. The van der Waals surface area contributed by atoms with E-state index in [0.29, 0.717) is 12.8 Å². The van der Waals surface area contributed by atoms with E-state index >= 15 is 0 Å². The summed E-state index contributed by atoms with van der Waals surface area (Å²) in [7, 11) is 1.39. The van der Waals surface area contributed by atoms with Crippen LogP contribution in [0.3, 0.4) is 0 Å². The standard InChI is InChI=1S/C12H11F2NO/c1-16-8-5-9(11(14)10(13)6-8)12(7-15)3-2-4-12/h5-6H,2-4H2,1H3. The van der Waals surface area contributed by atoms with Crippen molar-refractivity contribution in [3.05, 3.63) is 29.3 Å². The monoisotopic (exact) mass is 223 g/mol. The molecule has 0 aromatic heterocycles. The molecule has 84 valence electrons. The summed E-state index contributed by atoms with van der Waals surface area (Å²) >= 11 is 0. The van der Waals surface area contributed by atoms with E-state index in [1.165, 1.54) is 13.2 Å². The second-order valence-corrected chi connectivity index (χ2v) is 4.02. The number of hydrogen-bond donors (Lipinski definition) is 0. The fourth-order valence-corrected chi connectivity index (χ4v) is 2.00. The molecule has 0 spiro atoms. The van der Waals surface area contributed by atoms with Gasteiger partial charge < -0.3 is 4.74 Å². The van der Waals surface area contributed by atoms with Gasteiger partial charge in [0.05, 0.1) is 18.6 Å². The molecule has 2 nitrogen and oxygen atoms in total. The minimum atomic E-state index is -0.962. The average Bonchev–Trinajstić information content (AvgIpc) is 2.23. The van der Waals surface area contributed by atoms with E-state index in [1.54, 1.807) is 0 Å². The fraction of sp³-hybridized carbons (Fsp3) is 0.417. The molecule has 16 heavy (non-hydrogen) atoms. The highest BCUT2D eigenvalue weighted by Gasteiger charge is 2.42. The maximum absolute atomic E-state index is 13.6. The van der Waals surface area contributed by atoms with Crippen LogP contribution in [-0.4, -0.2) is 7.11 Å².